The molecule has 4 nitrogen and oxygen atoms in total. The maximum Gasteiger partial charge on any atom is 0.293 e. The monoisotopic (exact) mass is 152 g/mol. The fourth-order valence-corrected chi connectivity index (χ4v) is 0.691. The second-order valence-electron chi connectivity index (χ2n) is 1.98. The molecule has 0 aliphatic rings. The van der Waals surface area contributed by atoms with Gasteiger partial charge in [0.05, 0.1) is 11.9 Å². The van der Waals surface area contributed by atoms with Gasteiger partial charge in [0.2, 0.25) is 0 Å². The number of pyridine rings is 1. The molecule has 0 bridgehead atoms. The molecule has 0 fully saturated rings. The highest BCUT2D eigenvalue weighted by atomic mass is 16.5. The van der Waals surface area contributed by atoms with Crippen molar-refractivity contribution in [1.29, 1.82) is 0 Å². The Morgan fingerprint density at radius 1 is 1.73 bits per heavy atom. The lowest BCUT2D eigenvalue weighted by Crippen LogP contribution is -1.97. The molecule has 0 aliphatic heterocycles. The van der Waals surface area contributed by atoms with Gasteiger partial charge in [-0.25, -0.2) is 0 Å². The minimum atomic E-state index is 0.206. The first-order chi connectivity index (χ1) is 5.34. The molecule has 1 rings (SSSR count). The van der Waals surface area contributed by atoms with E-state index >= 15 is 0 Å². The van der Waals surface area contributed by atoms with E-state index in [-0.39, 0.29) is 6.61 Å². The quantitative estimate of drug-likeness (QED) is 0.634. The number of nitrogens with zero attached hydrogens (tertiary/aromatic N) is 1. The maximum absolute atomic E-state index is 9.81. The lowest BCUT2D eigenvalue weighted by atomic mass is 10.2. The number of hydrogen-bond acceptors (Lipinski definition) is 4. The molecular weight excluding hydrogens is 144 g/mol. The highest BCUT2D eigenvalue weighted by Crippen LogP contribution is 2.08. The Balaban J connectivity index is 2.69. The van der Waals surface area contributed by atoms with E-state index in [0.717, 1.165) is 5.56 Å². The Kier molecular flexibility index (Phi) is 2.43. The fraction of sp³-hybridized carbons (Fsp3) is 0.143. The Hall–Kier alpha value is -1.58. The molecule has 2 N–H and O–H groups in total. The normalized spacial score (nSPS) is 9.09. The zero-order valence-corrected chi connectivity index (χ0v) is 5.86. The van der Waals surface area contributed by atoms with Gasteiger partial charge in [0, 0.05) is 11.8 Å². The summed E-state index contributed by atoms with van der Waals surface area (Å²) in [5.41, 5.74) is 6.81. The second kappa shape index (κ2) is 3.55. The number of carbonyl (C=O) groups excluding carboxylic acids is 1. The van der Waals surface area contributed by atoms with Gasteiger partial charge in [-0.15, -0.1) is 0 Å². The van der Waals surface area contributed by atoms with Gasteiger partial charge < -0.3 is 10.5 Å². The molecule has 1 aromatic rings. The average Bonchev–Trinajstić information content (AvgIpc) is 2.03. The maximum atomic E-state index is 9.81. The van der Waals surface area contributed by atoms with E-state index in [1.165, 1.54) is 6.20 Å². The van der Waals surface area contributed by atoms with Crippen LogP contribution in [0.1, 0.15) is 5.56 Å². The highest BCUT2D eigenvalue weighted by Gasteiger charge is 1.96. The van der Waals surface area contributed by atoms with Crippen molar-refractivity contribution >= 4 is 12.2 Å². The van der Waals surface area contributed by atoms with Crippen molar-refractivity contribution in [2.24, 2.45) is 0 Å². The molecule has 0 radical (unpaired) electrons. The molecular formula is C7H8N2O2. The van der Waals surface area contributed by atoms with E-state index in [2.05, 4.69) is 9.72 Å². The first-order valence-corrected chi connectivity index (χ1v) is 3.08. The summed E-state index contributed by atoms with van der Waals surface area (Å²) < 4.78 is 4.51. The summed E-state index contributed by atoms with van der Waals surface area (Å²) in [6.07, 6.45) is 3.11. The summed E-state index contributed by atoms with van der Waals surface area (Å²) >= 11 is 0. The molecule has 4 heteroatoms. The van der Waals surface area contributed by atoms with Crippen molar-refractivity contribution in [3.63, 3.8) is 0 Å². The smallest absolute Gasteiger partial charge is 0.293 e. The van der Waals surface area contributed by atoms with Crippen LogP contribution in [0.2, 0.25) is 0 Å². The highest BCUT2D eigenvalue weighted by molar-refractivity contribution is 5.45. The van der Waals surface area contributed by atoms with Gasteiger partial charge in [0.15, 0.2) is 0 Å². The van der Waals surface area contributed by atoms with Crippen molar-refractivity contribution in [2.45, 2.75) is 6.61 Å². The van der Waals surface area contributed by atoms with Crippen molar-refractivity contribution in [2.75, 3.05) is 5.73 Å². The number of hydrogen-bond donors (Lipinski definition) is 1. The Morgan fingerprint density at radius 3 is 3.18 bits per heavy atom. The van der Waals surface area contributed by atoms with Gasteiger partial charge in [-0.3, -0.25) is 9.78 Å². The van der Waals surface area contributed by atoms with E-state index in [1.807, 2.05) is 0 Å². The molecule has 1 heterocycles. The molecule has 0 aromatic carbocycles. The summed E-state index contributed by atoms with van der Waals surface area (Å²) in [6, 6.07) is 1.71. The molecule has 1 aromatic heterocycles. The van der Waals surface area contributed by atoms with Gasteiger partial charge >= 0.3 is 0 Å². The van der Waals surface area contributed by atoms with Crippen molar-refractivity contribution < 1.29 is 9.53 Å². The standard InChI is InChI=1S/C7H8N2O2/c8-7-3-9-2-1-6(7)4-11-5-10/h1-3,5H,4,8H2. The number of aromatic nitrogens is 1. The molecule has 0 aliphatic carbocycles. The minimum Gasteiger partial charge on any atom is -0.463 e. The average molecular weight is 152 g/mol. The zero-order valence-electron chi connectivity index (χ0n) is 5.86. The number of nitrogens with two attached hydrogens (primary N) is 1. The molecule has 58 valence electrons. The van der Waals surface area contributed by atoms with Crippen LogP contribution in [0.5, 0.6) is 0 Å². The molecule has 0 spiro atoms. The van der Waals surface area contributed by atoms with Gasteiger partial charge in [0.25, 0.3) is 6.47 Å². The predicted molar refractivity (Wildman–Crippen MR) is 39.5 cm³/mol. The molecule has 0 atom stereocenters. The Labute approximate surface area is 64.0 Å². The Bertz CT molecular complexity index is 250. The van der Waals surface area contributed by atoms with Crippen LogP contribution in [0.15, 0.2) is 18.5 Å². The van der Waals surface area contributed by atoms with Crippen LogP contribution in [0, 0.1) is 0 Å². The van der Waals surface area contributed by atoms with Gasteiger partial charge in [-0.2, -0.15) is 0 Å². The number of carbonyl (C=O) groups is 1. The van der Waals surface area contributed by atoms with Crippen LogP contribution in [-0.4, -0.2) is 11.5 Å². The van der Waals surface area contributed by atoms with Crippen LogP contribution in [0.25, 0.3) is 0 Å². The lowest BCUT2D eigenvalue weighted by molar-refractivity contribution is -0.129. The first kappa shape index (κ1) is 7.53. The van der Waals surface area contributed by atoms with Crippen molar-refractivity contribution in [3.05, 3.63) is 24.0 Å². The van der Waals surface area contributed by atoms with Gasteiger partial charge in [0.1, 0.15) is 6.61 Å². The zero-order chi connectivity index (χ0) is 8.10. The van der Waals surface area contributed by atoms with E-state index in [4.69, 9.17) is 5.73 Å². The third-order valence-corrected chi connectivity index (χ3v) is 1.25. The van der Waals surface area contributed by atoms with Crippen LogP contribution in [0.3, 0.4) is 0 Å². The van der Waals surface area contributed by atoms with Crippen molar-refractivity contribution in [3.8, 4) is 0 Å². The van der Waals surface area contributed by atoms with Gasteiger partial charge in [-0.1, -0.05) is 0 Å². The Morgan fingerprint density at radius 2 is 2.55 bits per heavy atom. The number of ether oxygens (including phenoxy) is 1. The SMILES string of the molecule is Nc1cnccc1COC=O. The van der Waals surface area contributed by atoms with Crippen molar-refractivity contribution in [1.82, 2.24) is 4.98 Å². The summed E-state index contributed by atoms with van der Waals surface area (Å²) in [6.45, 7) is 0.595. The third-order valence-electron chi connectivity index (χ3n) is 1.25. The van der Waals surface area contributed by atoms with E-state index in [0.29, 0.717) is 12.2 Å². The van der Waals surface area contributed by atoms with E-state index in [9.17, 15) is 4.79 Å². The molecule has 0 saturated carbocycles. The summed E-state index contributed by atoms with van der Waals surface area (Å²) in [5.74, 6) is 0. The van der Waals surface area contributed by atoms with Crippen LogP contribution in [-0.2, 0) is 16.1 Å². The number of anilines is 1. The molecule has 0 amide bonds. The predicted octanol–water partition coefficient (Wildman–Crippen LogP) is 0.337. The molecule has 0 saturated heterocycles. The summed E-state index contributed by atoms with van der Waals surface area (Å²) in [5, 5.41) is 0. The van der Waals surface area contributed by atoms with E-state index in [1.54, 1.807) is 12.3 Å². The molecule has 0 unspecified atom stereocenters. The third kappa shape index (κ3) is 1.93. The minimum absolute atomic E-state index is 0.206. The lowest BCUT2D eigenvalue weighted by Gasteiger charge is -2.01. The second-order valence-corrected chi connectivity index (χ2v) is 1.98. The van der Waals surface area contributed by atoms with E-state index < -0.39 is 0 Å². The van der Waals surface area contributed by atoms with Crippen LogP contribution >= 0.6 is 0 Å². The summed E-state index contributed by atoms with van der Waals surface area (Å²) in [7, 11) is 0. The number of rotatable bonds is 3. The first-order valence-electron chi connectivity index (χ1n) is 3.08. The summed E-state index contributed by atoms with van der Waals surface area (Å²) in [4.78, 5) is 13.6. The molecule has 11 heavy (non-hydrogen) atoms. The topological polar surface area (TPSA) is 65.2 Å². The fourth-order valence-electron chi connectivity index (χ4n) is 0.691. The number of nitrogen functional groups attached to an aromatic ring is 1. The van der Waals surface area contributed by atoms with Crippen LogP contribution in [0.4, 0.5) is 5.69 Å². The van der Waals surface area contributed by atoms with Crippen LogP contribution < -0.4 is 5.73 Å². The largest absolute Gasteiger partial charge is 0.463 e. The van der Waals surface area contributed by atoms with Gasteiger partial charge in [-0.05, 0) is 6.07 Å².